The van der Waals surface area contributed by atoms with Gasteiger partial charge in [-0.15, -0.1) is 0 Å². The van der Waals surface area contributed by atoms with Gasteiger partial charge in [-0.2, -0.15) is 0 Å². The smallest absolute Gasteiger partial charge is 0.137 e. The Bertz CT molecular complexity index is 946. The minimum absolute atomic E-state index is 0.349. The molecule has 1 aromatic carbocycles. The fourth-order valence-corrected chi connectivity index (χ4v) is 4.58. The Balaban J connectivity index is 1.88. The molecule has 2 aliphatic rings. The van der Waals surface area contributed by atoms with Crippen LogP contribution in [0.3, 0.4) is 0 Å². The van der Waals surface area contributed by atoms with Gasteiger partial charge in [-0.3, -0.25) is 0 Å². The molecular formula is C20H20N2O2. The summed E-state index contributed by atoms with van der Waals surface area (Å²) in [5, 5.41) is 11.5. The number of hydrogen-bond acceptors (Lipinski definition) is 3. The van der Waals surface area contributed by atoms with Gasteiger partial charge in [0.05, 0.1) is 18.5 Å². The predicted molar refractivity (Wildman–Crippen MR) is 92.3 cm³/mol. The van der Waals surface area contributed by atoms with E-state index in [1.165, 1.54) is 5.56 Å². The van der Waals surface area contributed by atoms with Crippen molar-refractivity contribution in [1.29, 1.82) is 0 Å². The highest BCUT2D eigenvalue weighted by atomic mass is 16.5. The number of aliphatic hydroxyl groups is 1. The molecule has 4 nitrogen and oxygen atoms in total. The molecule has 2 atom stereocenters. The third-order valence-corrected chi connectivity index (χ3v) is 5.65. The highest BCUT2D eigenvalue weighted by Crippen LogP contribution is 2.52. The van der Waals surface area contributed by atoms with E-state index in [1.807, 2.05) is 30.5 Å². The molecule has 3 aromatic rings. The molecule has 5 rings (SSSR count). The molecule has 1 N–H and O–H groups in total. The topological polar surface area (TPSA) is 46.8 Å². The van der Waals surface area contributed by atoms with Crippen LogP contribution in [0.5, 0.6) is 5.75 Å². The maximum Gasteiger partial charge on any atom is 0.137 e. The van der Waals surface area contributed by atoms with Crippen LogP contribution in [-0.4, -0.2) is 21.6 Å². The van der Waals surface area contributed by atoms with E-state index in [4.69, 9.17) is 9.72 Å². The lowest BCUT2D eigenvalue weighted by Gasteiger charge is -2.35. The lowest BCUT2D eigenvalue weighted by atomic mass is 9.75. The number of imidazole rings is 1. The van der Waals surface area contributed by atoms with Crippen LogP contribution in [0.4, 0.5) is 0 Å². The highest BCUT2D eigenvalue weighted by Gasteiger charge is 2.44. The molecule has 0 amide bonds. The molecule has 2 aliphatic carbocycles. The first-order chi connectivity index (χ1) is 11.7. The molecule has 0 radical (unpaired) electrons. The van der Waals surface area contributed by atoms with Gasteiger partial charge in [0.15, 0.2) is 0 Å². The molecule has 4 heteroatoms. The van der Waals surface area contributed by atoms with Gasteiger partial charge in [-0.05, 0) is 67.5 Å². The fourth-order valence-electron chi connectivity index (χ4n) is 4.58. The molecule has 1 fully saturated rings. The molecule has 1 saturated carbocycles. The van der Waals surface area contributed by atoms with E-state index in [9.17, 15) is 5.11 Å². The Kier molecular flexibility index (Phi) is 2.83. The zero-order valence-electron chi connectivity index (χ0n) is 13.7. The molecule has 24 heavy (non-hydrogen) atoms. The Morgan fingerprint density at radius 2 is 2.21 bits per heavy atom. The Morgan fingerprint density at radius 1 is 1.29 bits per heavy atom. The molecule has 0 unspecified atom stereocenters. The SMILES string of the molecule is COc1ccc2c(c1)[C@H]1CCC[C@](O)(C1)c1c-2nc2ccccn12. The third-order valence-electron chi connectivity index (χ3n) is 5.65. The predicted octanol–water partition coefficient (Wildman–Crippen LogP) is 3.87. The maximum atomic E-state index is 11.5. The van der Waals surface area contributed by atoms with Crippen molar-refractivity contribution in [3.8, 4) is 17.0 Å². The van der Waals surface area contributed by atoms with Crippen molar-refractivity contribution in [2.75, 3.05) is 7.11 Å². The number of rotatable bonds is 1. The minimum Gasteiger partial charge on any atom is -0.497 e. The van der Waals surface area contributed by atoms with Crippen LogP contribution in [0.1, 0.15) is 42.9 Å². The van der Waals surface area contributed by atoms with Gasteiger partial charge in [0.25, 0.3) is 0 Å². The highest BCUT2D eigenvalue weighted by molar-refractivity contribution is 5.73. The van der Waals surface area contributed by atoms with E-state index in [-0.39, 0.29) is 0 Å². The van der Waals surface area contributed by atoms with Crippen LogP contribution in [0.15, 0.2) is 42.6 Å². The summed E-state index contributed by atoms with van der Waals surface area (Å²) >= 11 is 0. The quantitative estimate of drug-likeness (QED) is 0.740. The van der Waals surface area contributed by atoms with Crippen LogP contribution in [0.25, 0.3) is 16.9 Å². The lowest BCUT2D eigenvalue weighted by Crippen LogP contribution is -2.32. The summed E-state index contributed by atoms with van der Waals surface area (Å²) in [5.41, 5.74) is 4.34. The second-order valence-corrected chi connectivity index (χ2v) is 7.02. The Hall–Kier alpha value is -2.33. The summed E-state index contributed by atoms with van der Waals surface area (Å²) in [6.07, 6.45) is 5.69. The second kappa shape index (κ2) is 4.84. The van der Waals surface area contributed by atoms with Gasteiger partial charge in [-0.25, -0.2) is 4.98 Å². The first-order valence-electron chi connectivity index (χ1n) is 8.58. The van der Waals surface area contributed by atoms with Crippen molar-refractivity contribution in [3.05, 3.63) is 53.9 Å². The van der Waals surface area contributed by atoms with Crippen LogP contribution >= 0.6 is 0 Å². The number of benzene rings is 1. The average Bonchev–Trinajstić information content (AvgIpc) is 2.98. The molecule has 122 valence electrons. The van der Waals surface area contributed by atoms with Gasteiger partial charge in [-0.1, -0.05) is 6.07 Å². The molecule has 0 spiro atoms. The maximum absolute atomic E-state index is 11.5. The van der Waals surface area contributed by atoms with Gasteiger partial charge in [0.1, 0.15) is 17.0 Å². The molecule has 2 heterocycles. The third kappa shape index (κ3) is 1.80. The zero-order chi connectivity index (χ0) is 16.3. The minimum atomic E-state index is -0.814. The van der Waals surface area contributed by atoms with E-state index in [0.29, 0.717) is 5.92 Å². The zero-order valence-corrected chi connectivity index (χ0v) is 13.7. The van der Waals surface area contributed by atoms with Crippen molar-refractivity contribution in [3.63, 3.8) is 0 Å². The largest absolute Gasteiger partial charge is 0.497 e. The van der Waals surface area contributed by atoms with Crippen molar-refractivity contribution < 1.29 is 9.84 Å². The lowest BCUT2D eigenvalue weighted by molar-refractivity contribution is -0.0112. The summed E-state index contributed by atoms with van der Waals surface area (Å²) in [5.74, 6) is 1.22. The molecule has 0 aliphatic heterocycles. The van der Waals surface area contributed by atoms with Crippen molar-refractivity contribution in [2.45, 2.75) is 37.2 Å². The summed E-state index contributed by atoms with van der Waals surface area (Å²) in [6.45, 7) is 0. The Morgan fingerprint density at radius 3 is 3.08 bits per heavy atom. The van der Waals surface area contributed by atoms with Gasteiger partial charge in [0, 0.05) is 11.8 Å². The van der Waals surface area contributed by atoms with Gasteiger partial charge < -0.3 is 14.2 Å². The summed E-state index contributed by atoms with van der Waals surface area (Å²) in [4.78, 5) is 4.88. The number of aromatic nitrogens is 2. The number of pyridine rings is 1. The molecular weight excluding hydrogens is 300 g/mol. The first-order valence-corrected chi connectivity index (χ1v) is 8.58. The van der Waals surface area contributed by atoms with E-state index >= 15 is 0 Å². The van der Waals surface area contributed by atoms with E-state index < -0.39 is 5.60 Å². The summed E-state index contributed by atoms with van der Waals surface area (Å²) in [7, 11) is 1.70. The van der Waals surface area contributed by atoms with Crippen molar-refractivity contribution in [1.82, 2.24) is 9.38 Å². The van der Waals surface area contributed by atoms with Crippen LogP contribution in [0.2, 0.25) is 0 Å². The summed E-state index contributed by atoms with van der Waals surface area (Å²) in [6, 6.07) is 12.2. The number of nitrogens with zero attached hydrogens (tertiary/aromatic N) is 2. The molecule has 2 aromatic heterocycles. The van der Waals surface area contributed by atoms with Crippen LogP contribution in [-0.2, 0) is 5.60 Å². The standard InChI is InChI=1S/C20H20N2O2/c1-24-14-7-8-15-16(11-14)13-5-4-9-20(23,12-13)19-18(15)21-17-6-2-3-10-22(17)19/h2-3,6-8,10-11,13,23H,4-5,9,12H2,1H3/t13-,20-/m0/s1. The Labute approximate surface area is 140 Å². The normalized spacial score (nSPS) is 25.0. The van der Waals surface area contributed by atoms with Crippen molar-refractivity contribution >= 4 is 5.65 Å². The van der Waals surface area contributed by atoms with Crippen molar-refractivity contribution in [2.24, 2.45) is 0 Å². The molecule has 0 saturated heterocycles. The van der Waals surface area contributed by atoms with E-state index in [1.54, 1.807) is 7.11 Å². The first kappa shape index (κ1) is 14.1. The summed E-state index contributed by atoms with van der Waals surface area (Å²) < 4.78 is 7.51. The van der Waals surface area contributed by atoms with Gasteiger partial charge in [0.2, 0.25) is 0 Å². The monoisotopic (exact) mass is 320 g/mol. The second-order valence-electron chi connectivity index (χ2n) is 7.02. The van der Waals surface area contributed by atoms with Crippen LogP contribution < -0.4 is 4.74 Å². The molecule has 2 bridgehead atoms. The number of hydrogen-bond donors (Lipinski definition) is 1. The van der Waals surface area contributed by atoms with Crippen LogP contribution in [0, 0.1) is 0 Å². The van der Waals surface area contributed by atoms with E-state index in [0.717, 1.165) is 54.0 Å². The number of methoxy groups -OCH3 is 1. The number of fused-ring (bicyclic) bond motifs is 9. The fraction of sp³-hybridized carbons (Fsp3) is 0.350. The number of ether oxygens (including phenoxy) is 1. The average molecular weight is 320 g/mol. The van der Waals surface area contributed by atoms with Gasteiger partial charge >= 0.3 is 0 Å². The van der Waals surface area contributed by atoms with E-state index in [2.05, 4.69) is 16.5 Å².